The third-order valence-electron chi connectivity index (χ3n) is 4.89. The van der Waals surface area contributed by atoms with Gasteiger partial charge in [-0.3, -0.25) is 4.79 Å². The van der Waals surface area contributed by atoms with Gasteiger partial charge >= 0.3 is 0 Å². The highest BCUT2D eigenvalue weighted by Gasteiger charge is 2.18. The largest absolute Gasteiger partial charge is 0.339 e. The zero-order chi connectivity index (χ0) is 18.9. The van der Waals surface area contributed by atoms with E-state index in [4.69, 9.17) is 4.52 Å². The molecule has 6 heteroatoms. The van der Waals surface area contributed by atoms with Crippen molar-refractivity contribution >= 4 is 22.9 Å². The topological polar surface area (TPSA) is 68.0 Å². The van der Waals surface area contributed by atoms with Crippen LogP contribution in [0.3, 0.4) is 0 Å². The van der Waals surface area contributed by atoms with Crippen molar-refractivity contribution in [2.75, 3.05) is 5.32 Å². The molecule has 2 heterocycles. The first-order chi connectivity index (χ1) is 13.8. The summed E-state index contributed by atoms with van der Waals surface area (Å²) >= 11 is 1.58. The molecule has 0 saturated heterocycles. The number of hydrogen-bond acceptors (Lipinski definition) is 5. The Balaban J connectivity index is 1.22. The second-order valence-electron chi connectivity index (χ2n) is 6.78. The van der Waals surface area contributed by atoms with E-state index in [1.807, 2.05) is 22.9 Å². The van der Waals surface area contributed by atoms with Gasteiger partial charge in [-0.1, -0.05) is 35.5 Å². The number of carbonyl (C=O) groups is 1. The smallest absolute Gasteiger partial charge is 0.227 e. The number of carbonyl (C=O) groups excluding carboxylic acids is 1. The van der Waals surface area contributed by atoms with Crippen LogP contribution in [0.2, 0.25) is 0 Å². The highest BCUT2D eigenvalue weighted by molar-refractivity contribution is 7.08. The predicted molar refractivity (Wildman–Crippen MR) is 109 cm³/mol. The monoisotopic (exact) mass is 387 g/mol. The SMILES string of the molecule is O=C(CCc1nc(-c2ccsc2)no1)Nc1ccc2c(c1)Cc1ccccc1-2. The molecule has 0 fully saturated rings. The van der Waals surface area contributed by atoms with E-state index in [1.165, 1.54) is 22.3 Å². The van der Waals surface area contributed by atoms with Gasteiger partial charge in [-0.05, 0) is 52.3 Å². The number of aromatic nitrogens is 2. The molecule has 0 bridgehead atoms. The molecule has 1 amide bonds. The standard InChI is InChI=1S/C22H17N3O2S/c26-20(7-8-21-24-22(25-27-21)15-9-10-28-13-15)23-17-5-6-19-16(12-17)11-14-3-1-2-4-18(14)19/h1-6,9-10,12-13H,7-8,11H2,(H,23,26). The summed E-state index contributed by atoms with van der Waals surface area (Å²) in [5.41, 5.74) is 6.87. The number of rotatable bonds is 5. The number of anilines is 1. The van der Waals surface area contributed by atoms with Crippen LogP contribution in [0.15, 0.2) is 63.8 Å². The van der Waals surface area contributed by atoms with Crippen LogP contribution in [0.1, 0.15) is 23.4 Å². The quantitative estimate of drug-likeness (QED) is 0.464. The van der Waals surface area contributed by atoms with Gasteiger partial charge in [0.25, 0.3) is 0 Å². The molecule has 28 heavy (non-hydrogen) atoms. The summed E-state index contributed by atoms with van der Waals surface area (Å²) in [6, 6.07) is 16.5. The molecule has 0 atom stereocenters. The minimum atomic E-state index is -0.0641. The number of benzene rings is 2. The van der Waals surface area contributed by atoms with Crippen LogP contribution in [0.4, 0.5) is 5.69 Å². The maximum absolute atomic E-state index is 12.3. The number of nitrogens with one attached hydrogen (secondary N) is 1. The van der Waals surface area contributed by atoms with E-state index in [-0.39, 0.29) is 5.91 Å². The molecule has 4 aromatic rings. The molecule has 1 aliphatic carbocycles. The van der Waals surface area contributed by atoms with Crippen molar-refractivity contribution in [1.29, 1.82) is 0 Å². The number of aryl methyl sites for hydroxylation is 1. The van der Waals surface area contributed by atoms with Crippen molar-refractivity contribution in [3.63, 3.8) is 0 Å². The van der Waals surface area contributed by atoms with Crippen LogP contribution in [-0.2, 0) is 17.6 Å². The minimum Gasteiger partial charge on any atom is -0.339 e. The van der Waals surface area contributed by atoms with Crippen LogP contribution in [0, 0.1) is 0 Å². The van der Waals surface area contributed by atoms with E-state index >= 15 is 0 Å². The molecule has 1 N–H and O–H groups in total. The molecule has 138 valence electrons. The van der Waals surface area contributed by atoms with Crippen molar-refractivity contribution in [3.05, 3.63) is 76.3 Å². The number of hydrogen-bond donors (Lipinski definition) is 1. The van der Waals surface area contributed by atoms with E-state index in [2.05, 4.69) is 51.9 Å². The van der Waals surface area contributed by atoms with Crippen LogP contribution < -0.4 is 5.32 Å². The molecule has 5 rings (SSSR count). The zero-order valence-electron chi connectivity index (χ0n) is 15.0. The lowest BCUT2D eigenvalue weighted by molar-refractivity contribution is -0.116. The summed E-state index contributed by atoms with van der Waals surface area (Å²) in [7, 11) is 0. The lowest BCUT2D eigenvalue weighted by atomic mass is 10.1. The minimum absolute atomic E-state index is 0.0641. The average Bonchev–Trinajstić information content (AvgIpc) is 3.44. The Morgan fingerprint density at radius 1 is 1.11 bits per heavy atom. The van der Waals surface area contributed by atoms with Crippen molar-refractivity contribution < 1.29 is 9.32 Å². The van der Waals surface area contributed by atoms with Gasteiger partial charge in [-0.2, -0.15) is 16.3 Å². The molecule has 0 saturated carbocycles. The van der Waals surface area contributed by atoms with Gasteiger partial charge in [-0.25, -0.2) is 0 Å². The lowest BCUT2D eigenvalue weighted by Crippen LogP contribution is -2.12. The van der Waals surface area contributed by atoms with E-state index < -0.39 is 0 Å². The summed E-state index contributed by atoms with van der Waals surface area (Å²) in [6.45, 7) is 0. The number of thiophene rings is 1. The van der Waals surface area contributed by atoms with E-state index in [0.29, 0.717) is 24.6 Å². The van der Waals surface area contributed by atoms with Crippen LogP contribution in [-0.4, -0.2) is 16.0 Å². The van der Waals surface area contributed by atoms with E-state index in [0.717, 1.165) is 17.7 Å². The second-order valence-corrected chi connectivity index (χ2v) is 7.56. The third kappa shape index (κ3) is 3.23. The molecular weight excluding hydrogens is 370 g/mol. The maximum Gasteiger partial charge on any atom is 0.227 e. The van der Waals surface area contributed by atoms with Gasteiger partial charge in [0, 0.05) is 29.5 Å². The highest BCUT2D eigenvalue weighted by atomic mass is 32.1. The van der Waals surface area contributed by atoms with Crippen molar-refractivity contribution in [2.45, 2.75) is 19.3 Å². The molecule has 2 aromatic heterocycles. The first-order valence-corrected chi connectivity index (χ1v) is 10.1. The molecule has 5 nitrogen and oxygen atoms in total. The first kappa shape index (κ1) is 16.9. The highest BCUT2D eigenvalue weighted by Crippen LogP contribution is 2.37. The van der Waals surface area contributed by atoms with Gasteiger partial charge in [0.2, 0.25) is 17.6 Å². The first-order valence-electron chi connectivity index (χ1n) is 9.12. The number of amides is 1. The molecule has 2 aromatic carbocycles. The molecule has 0 unspecified atom stereocenters. The zero-order valence-corrected chi connectivity index (χ0v) is 15.8. The van der Waals surface area contributed by atoms with Crippen molar-refractivity contribution in [3.8, 4) is 22.5 Å². The van der Waals surface area contributed by atoms with Crippen LogP contribution >= 0.6 is 11.3 Å². The van der Waals surface area contributed by atoms with Crippen molar-refractivity contribution in [1.82, 2.24) is 10.1 Å². The number of nitrogens with zero attached hydrogens (tertiary/aromatic N) is 2. The predicted octanol–water partition coefficient (Wildman–Crippen LogP) is 4.94. The van der Waals surface area contributed by atoms with E-state index in [1.54, 1.807) is 11.3 Å². The summed E-state index contributed by atoms with van der Waals surface area (Å²) in [5.74, 6) is 0.973. The Kier molecular flexibility index (Phi) is 4.25. The Morgan fingerprint density at radius 2 is 2.00 bits per heavy atom. The fraction of sp³-hybridized carbons (Fsp3) is 0.136. The van der Waals surface area contributed by atoms with Crippen LogP contribution in [0.5, 0.6) is 0 Å². The molecule has 0 aliphatic heterocycles. The van der Waals surface area contributed by atoms with Crippen molar-refractivity contribution in [2.24, 2.45) is 0 Å². The summed E-state index contributed by atoms with van der Waals surface area (Å²) in [5, 5.41) is 10.9. The maximum atomic E-state index is 12.3. The Labute approximate surface area is 166 Å². The molecular formula is C22H17N3O2S. The Bertz CT molecular complexity index is 1150. The summed E-state index contributed by atoms with van der Waals surface area (Å²) < 4.78 is 5.25. The van der Waals surface area contributed by atoms with Gasteiger partial charge < -0.3 is 9.84 Å². The lowest BCUT2D eigenvalue weighted by Gasteiger charge is -2.07. The third-order valence-corrected chi connectivity index (χ3v) is 5.57. The summed E-state index contributed by atoms with van der Waals surface area (Å²) in [4.78, 5) is 16.7. The second kappa shape index (κ2) is 7.05. The van der Waals surface area contributed by atoms with Gasteiger partial charge in [0.1, 0.15) is 0 Å². The fourth-order valence-corrected chi connectivity index (χ4v) is 4.17. The molecule has 1 aliphatic rings. The summed E-state index contributed by atoms with van der Waals surface area (Å²) in [6.07, 6.45) is 1.62. The van der Waals surface area contributed by atoms with Gasteiger partial charge in [0.05, 0.1) is 0 Å². The normalized spacial score (nSPS) is 11.9. The fourth-order valence-electron chi connectivity index (χ4n) is 3.53. The van der Waals surface area contributed by atoms with Gasteiger partial charge in [-0.15, -0.1) is 0 Å². The Morgan fingerprint density at radius 3 is 2.89 bits per heavy atom. The number of fused-ring (bicyclic) bond motifs is 3. The Hall–Kier alpha value is -3.25. The van der Waals surface area contributed by atoms with Gasteiger partial charge in [0.15, 0.2) is 0 Å². The molecule has 0 spiro atoms. The van der Waals surface area contributed by atoms with Crippen LogP contribution in [0.25, 0.3) is 22.5 Å². The average molecular weight is 387 g/mol. The van der Waals surface area contributed by atoms with E-state index in [9.17, 15) is 4.79 Å². The molecule has 0 radical (unpaired) electrons.